The molecule has 1 saturated heterocycles. The van der Waals surface area contributed by atoms with Crippen molar-refractivity contribution >= 4 is 46.5 Å². The van der Waals surface area contributed by atoms with Gasteiger partial charge in [0.15, 0.2) is 17.3 Å². The molecule has 194 valence electrons. The van der Waals surface area contributed by atoms with Crippen molar-refractivity contribution in [3.05, 3.63) is 75.1 Å². The van der Waals surface area contributed by atoms with Crippen molar-refractivity contribution in [2.45, 2.75) is 13.0 Å². The second-order valence-corrected chi connectivity index (χ2v) is 9.41. The number of hydrogen-bond acceptors (Lipinski definition) is 7. The first-order chi connectivity index (χ1) is 17.6. The Morgan fingerprint density at radius 2 is 1.76 bits per heavy atom. The summed E-state index contributed by atoms with van der Waals surface area (Å²) >= 11 is 12.2. The summed E-state index contributed by atoms with van der Waals surface area (Å²) in [6, 6.07) is 10.4. The number of rotatable bonds is 6. The van der Waals surface area contributed by atoms with E-state index < -0.39 is 17.8 Å². The van der Waals surface area contributed by atoms with Crippen LogP contribution in [0.5, 0.6) is 5.75 Å². The number of nitrogen functional groups attached to an aromatic ring is 1. The molecule has 0 spiro atoms. The van der Waals surface area contributed by atoms with Gasteiger partial charge >= 0.3 is 0 Å². The third kappa shape index (κ3) is 6.10. The molecule has 2 amide bonds. The Hall–Kier alpha value is -3.47. The standard InChI is InChI=1S/C25H25Cl2FN6O3/c1-14(21-17(26)7-8-18(28)22(21)27)37-20-13-19(31-32-23(20)29)24(35)30-16-5-3-15(4-6-16)25(36)34-11-9-33(2)10-12-34/h3-8,13-14H,9-12H2,1-2H3,(H2,29,32)(H,30,35). The molecular formula is C25H25Cl2FN6O3. The molecule has 1 aromatic heterocycles. The van der Waals surface area contributed by atoms with Crippen LogP contribution in [0.3, 0.4) is 0 Å². The zero-order chi connectivity index (χ0) is 26.7. The molecule has 0 bridgehead atoms. The first-order valence-corrected chi connectivity index (χ1v) is 12.2. The summed E-state index contributed by atoms with van der Waals surface area (Å²) in [7, 11) is 2.02. The largest absolute Gasteiger partial charge is 0.482 e. The number of nitrogens with two attached hydrogens (primary N) is 1. The Bertz CT molecular complexity index is 1320. The molecular weight excluding hydrogens is 522 g/mol. The van der Waals surface area contributed by atoms with Gasteiger partial charge in [-0.25, -0.2) is 4.39 Å². The fourth-order valence-corrected chi connectivity index (χ4v) is 4.52. The van der Waals surface area contributed by atoms with Crippen molar-refractivity contribution in [3.8, 4) is 5.75 Å². The molecule has 2 heterocycles. The maximum Gasteiger partial charge on any atom is 0.276 e. The number of benzene rings is 2. The van der Waals surface area contributed by atoms with E-state index in [0.29, 0.717) is 24.3 Å². The molecule has 1 fully saturated rings. The summed E-state index contributed by atoms with van der Waals surface area (Å²) in [6.45, 7) is 4.61. The Morgan fingerprint density at radius 1 is 1.08 bits per heavy atom. The molecule has 1 aliphatic heterocycles. The van der Waals surface area contributed by atoms with Crippen LogP contribution in [0.2, 0.25) is 10.0 Å². The van der Waals surface area contributed by atoms with E-state index in [1.54, 1.807) is 31.2 Å². The lowest BCUT2D eigenvalue weighted by Crippen LogP contribution is -2.47. The third-order valence-corrected chi connectivity index (χ3v) is 6.70. The van der Waals surface area contributed by atoms with Crippen molar-refractivity contribution < 1.29 is 18.7 Å². The van der Waals surface area contributed by atoms with E-state index in [0.717, 1.165) is 19.2 Å². The molecule has 2 aromatic carbocycles. The minimum absolute atomic E-state index is 0.0511. The Kier molecular flexibility index (Phi) is 8.11. The highest BCUT2D eigenvalue weighted by Crippen LogP contribution is 2.35. The molecule has 3 N–H and O–H groups in total. The van der Waals surface area contributed by atoms with Crippen LogP contribution in [0.15, 0.2) is 42.5 Å². The van der Waals surface area contributed by atoms with E-state index in [1.807, 2.05) is 11.9 Å². The van der Waals surface area contributed by atoms with Crippen LogP contribution in [0, 0.1) is 5.82 Å². The number of nitrogens with one attached hydrogen (secondary N) is 1. The second-order valence-electron chi connectivity index (χ2n) is 8.62. The van der Waals surface area contributed by atoms with Gasteiger partial charge in [-0.3, -0.25) is 9.59 Å². The summed E-state index contributed by atoms with van der Waals surface area (Å²) in [6.07, 6.45) is -0.802. The monoisotopic (exact) mass is 546 g/mol. The molecule has 0 aliphatic carbocycles. The highest BCUT2D eigenvalue weighted by molar-refractivity contribution is 6.36. The number of anilines is 2. The normalized spacial score (nSPS) is 14.8. The molecule has 1 aliphatic rings. The maximum atomic E-state index is 13.9. The van der Waals surface area contributed by atoms with Crippen LogP contribution in [0.25, 0.3) is 0 Å². The van der Waals surface area contributed by atoms with Gasteiger partial charge in [0.05, 0.1) is 5.02 Å². The Morgan fingerprint density at radius 3 is 2.43 bits per heavy atom. The Balaban J connectivity index is 1.44. The quantitative estimate of drug-likeness (QED) is 0.443. The van der Waals surface area contributed by atoms with E-state index in [4.69, 9.17) is 33.7 Å². The van der Waals surface area contributed by atoms with E-state index in [9.17, 15) is 14.0 Å². The lowest BCUT2D eigenvalue weighted by atomic mass is 10.1. The lowest BCUT2D eigenvalue weighted by molar-refractivity contribution is 0.0664. The molecule has 37 heavy (non-hydrogen) atoms. The van der Waals surface area contributed by atoms with Crippen molar-refractivity contribution in [2.75, 3.05) is 44.3 Å². The van der Waals surface area contributed by atoms with Crippen molar-refractivity contribution in [1.29, 1.82) is 0 Å². The van der Waals surface area contributed by atoms with Crippen molar-refractivity contribution in [2.24, 2.45) is 0 Å². The summed E-state index contributed by atoms with van der Waals surface area (Å²) < 4.78 is 19.7. The van der Waals surface area contributed by atoms with Crippen LogP contribution in [-0.4, -0.2) is 65.0 Å². The number of ether oxygens (including phenoxy) is 1. The van der Waals surface area contributed by atoms with Gasteiger partial charge in [0.25, 0.3) is 11.8 Å². The van der Waals surface area contributed by atoms with Gasteiger partial charge in [-0.05, 0) is 50.4 Å². The van der Waals surface area contributed by atoms with Gasteiger partial charge in [0, 0.05) is 54.1 Å². The number of hydrogen-bond donors (Lipinski definition) is 2. The molecule has 4 rings (SSSR count). The predicted molar refractivity (Wildman–Crippen MR) is 140 cm³/mol. The molecule has 1 unspecified atom stereocenters. The SMILES string of the molecule is CC(Oc1cc(C(=O)Nc2ccc(C(=O)N3CCN(C)CC3)cc2)nnc1N)c1c(Cl)ccc(F)c1Cl. The topological polar surface area (TPSA) is 114 Å². The summed E-state index contributed by atoms with van der Waals surface area (Å²) in [4.78, 5) is 29.5. The molecule has 1 atom stereocenters. The van der Waals surface area contributed by atoms with Crippen molar-refractivity contribution in [3.63, 3.8) is 0 Å². The van der Waals surface area contributed by atoms with Crippen LogP contribution in [-0.2, 0) is 0 Å². The minimum Gasteiger partial charge on any atom is -0.482 e. The van der Waals surface area contributed by atoms with E-state index in [2.05, 4.69) is 20.4 Å². The molecule has 0 saturated carbocycles. The average molecular weight is 547 g/mol. The Labute approximate surface area is 223 Å². The zero-order valence-corrected chi connectivity index (χ0v) is 21.7. The number of likely N-dealkylation sites (N-methyl/N-ethyl adjacent to an activating group) is 1. The minimum atomic E-state index is -0.802. The number of nitrogens with zero attached hydrogens (tertiary/aromatic N) is 4. The molecule has 0 radical (unpaired) electrons. The van der Waals surface area contributed by atoms with Crippen LogP contribution >= 0.6 is 23.2 Å². The molecule has 3 aromatic rings. The van der Waals surface area contributed by atoms with Crippen LogP contribution in [0.1, 0.15) is 39.4 Å². The third-order valence-electron chi connectivity index (χ3n) is 5.99. The lowest BCUT2D eigenvalue weighted by Gasteiger charge is -2.32. The summed E-state index contributed by atoms with van der Waals surface area (Å²) in [5.41, 5.74) is 7.05. The van der Waals surface area contributed by atoms with E-state index in [1.165, 1.54) is 12.1 Å². The smallest absolute Gasteiger partial charge is 0.276 e. The van der Waals surface area contributed by atoms with E-state index in [-0.39, 0.29) is 38.8 Å². The fraction of sp³-hybridized carbons (Fsp3) is 0.280. The van der Waals surface area contributed by atoms with Gasteiger partial charge < -0.3 is 25.6 Å². The van der Waals surface area contributed by atoms with Gasteiger partial charge in [-0.1, -0.05) is 23.2 Å². The summed E-state index contributed by atoms with van der Waals surface area (Å²) in [5.74, 6) is -1.28. The molecule has 9 nitrogen and oxygen atoms in total. The number of carbonyl (C=O) groups excluding carboxylic acids is 2. The number of carbonyl (C=O) groups is 2. The van der Waals surface area contributed by atoms with Crippen molar-refractivity contribution in [1.82, 2.24) is 20.0 Å². The van der Waals surface area contributed by atoms with E-state index >= 15 is 0 Å². The van der Waals surface area contributed by atoms with Gasteiger partial charge in [0.2, 0.25) is 0 Å². The fourth-order valence-electron chi connectivity index (χ4n) is 3.84. The van der Waals surface area contributed by atoms with Gasteiger partial charge in [-0.15, -0.1) is 10.2 Å². The second kappa shape index (κ2) is 11.3. The van der Waals surface area contributed by atoms with Crippen LogP contribution in [0.4, 0.5) is 15.9 Å². The maximum absolute atomic E-state index is 13.9. The molecule has 12 heteroatoms. The average Bonchev–Trinajstić information content (AvgIpc) is 2.88. The predicted octanol–water partition coefficient (Wildman–Crippen LogP) is 4.28. The first-order valence-electron chi connectivity index (χ1n) is 11.5. The van der Waals surface area contributed by atoms with Crippen LogP contribution < -0.4 is 15.8 Å². The van der Waals surface area contributed by atoms with Gasteiger partial charge in [0.1, 0.15) is 11.9 Å². The number of amides is 2. The highest BCUT2D eigenvalue weighted by Gasteiger charge is 2.22. The van der Waals surface area contributed by atoms with Gasteiger partial charge in [-0.2, -0.15) is 0 Å². The zero-order valence-electron chi connectivity index (χ0n) is 20.2. The summed E-state index contributed by atoms with van der Waals surface area (Å²) in [5, 5.41) is 10.4. The number of piperazine rings is 1. The first kappa shape index (κ1) is 26.6. The highest BCUT2D eigenvalue weighted by atomic mass is 35.5. The number of aromatic nitrogens is 2. The number of halogens is 3.